The van der Waals surface area contributed by atoms with Gasteiger partial charge in [-0.05, 0) is 98.8 Å². The summed E-state index contributed by atoms with van der Waals surface area (Å²) in [6, 6.07) is 0. The Labute approximate surface area is 195 Å². The number of nitrogens with one attached hydrogen (secondary N) is 2. The zero-order chi connectivity index (χ0) is 23.8. The molecular formula is C26H46N2O4. The molecule has 0 radical (unpaired) electrons. The molecule has 0 aromatic heterocycles. The van der Waals surface area contributed by atoms with Gasteiger partial charge < -0.3 is 20.1 Å². The van der Waals surface area contributed by atoms with Gasteiger partial charge in [-0.25, -0.2) is 0 Å². The van der Waals surface area contributed by atoms with Crippen molar-refractivity contribution in [2.24, 2.45) is 17.3 Å². The highest BCUT2D eigenvalue weighted by molar-refractivity contribution is 5.79. The van der Waals surface area contributed by atoms with Crippen LogP contribution in [0.1, 0.15) is 86.0 Å². The number of carbonyl (C=O) groups is 2. The van der Waals surface area contributed by atoms with E-state index in [1.165, 1.54) is 0 Å². The van der Waals surface area contributed by atoms with Gasteiger partial charge in [-0.3, -0.25) is 9.59 Å². The summed E-state index contributed by atoms with van der Waals surface area (Å²) < 4.78 is 12.1. The number of esters is 2. The molecule has 0 saturated carbocycles. The molecule has 1 atom stereocenters. The fourth-order valence-corrected chi connectivity index (χ4v) is 5.26. The molecule has 2 aliphatic heterocycles. The third kappa shape index (κ3) is 7.05. The van der Waals surface area contributed by atoms with Crippen LogP contribution in [0.25, 0.3) is 0 Å². The van der Waals surface area contributed by atoms with Gasteiger partial charge in [0.15, 0.2) is 0 Å². The van der Waals surface area contributed by atoms with E-state index in [9.17, 15) is 9.59 Å². The maximum absolute atomic E-state index is 13.4. The molecule has 0 aliphatic carbocycles. The summed E-state index contributed by atoms with van der Waals surface area (Å²) in [5.41, 5.74) is -1.77. The maximum Gasteiger partial charge on any atom is 0.312 e. The van der Waals surface area contributed by atoms with Crippen molar-refractivity contribution < 1.29 is 19.1 Å². The number of hydrogen-bond donors (Lipinski definition) is 2. The Balaban J connectivity index is 2.01. The van der Waals surface area contributed by atoms with E-state index in [2.05, 4.69) is 17.2 Å². The fraction of sp³-hybridized carbons (Fsp3) is 0.846. The summed E-state index contributed by atoms with van der Waals surface area (Å²) in [5.74, 6) is 0.240. The SMILES string of the molecule is C=CCC(CC)(CCC(=O)OC(C)(C)C1CCNCC1)C(=O)OC(C)(C)C1CCNCC1. The highest BCUT2D eigenvalue weighted by Crippen LogP contribution is 2.39. The monoisotopic (exact) mass is 450 g/mol. The molecule has 2 heterocycles. The van der Waals surface area contributed by atoms with Crippen LogP contribution >= 0.6 is 0 Å². The molecule has 184 valence electrons. The highest BCUT2D eigenvalue weighted by atomic mass is 16.6. The number of carbonyl (C=O) groups excluding carboxylic acids is 2. The molecule has 2 aliphatic rings. The van der Waals surface area contributed by atoms with Crippen molar-refractivity contribution in [2.75, 3.05) is 26.2 Å². The van der Waals surface area contributed by atoms with Crippen LogP contribution in [0.15, 0.2) is 12.7 Å². The van der Waals surface area contributed by atoms with Gasteiger partial charge in [0.05, 0.1) is 5.41 Å². The number of allylic oxidation sites excluding steroid dienone is 1. The second-order valence-corrected chi connectivity index (χ2v) is 10.7. The van der Waals surface area contributed by atoms with E-state index in [4.69, 9.17) is 9.47 Å². The quantitative estimate of drug-likeness (QED) is 0.359. The first kappa shape index (κ1) is 26.8. The minimum atomic E-state index is -0.746. The van der Waals surface area contributed by atoms with Gasteiger partial charge in [0.25, 0.3) is 0 Å². The van der Waals surface area contributed by atoms with Crippen LogP contribution in [0, 0.1) is 17.3 Å². The van der Waals surface area contributed by atoms with Gasteiger partial charge in [0.1, 0.15) is 11.2 Å². The topological polar surface area (TPSA) is 76.7 Å². The van der Waals surface area contributed by atoms with Crippen LogP contribution < -0.4 is 10.6 Å². The molecule has 0 bridgehead atoms. The smallest absolute Gasteiger partial charge is 0.312 e. The van der Waals surface area contributed by atoms with E-state index >= 15 is 0 Å². The Hall–Kier alpha value is -1.40. The third-order valence-corrected chi connectivity index (χ3v) is 7.83. The minimum absolute atomic E-state index is 0.207. The second kappa shape index (κ2) is 11.6. The standard InChI is InChI=1S/C26H46N2O4/c1-7-14-26(8-2,23(30)32-25(5,6)21-12-18-28-19-13-21)15-9-22(29)31-24(3,4)20-10-16-27-17-11-20/h7,20-21,27-28H,1,8-19H2,2-6H3. The molecule has 0 amide bonds. The third-order valence-electron chi connectivity index (χ3n) is 7.83. The average Bonchev–Trinajstić information content (AvgIpc) is 2.77. The fourth-order valence-electron chi connectivity index (χ4n) is 5.26. The predicted octanol–water partition coefficient (Wildman–Crippen LogP) is 4.38. The van der Waals surface area contributed by atoms with Gasteiger partial charge in [-0.2, -0.15) is 0 Å². The Bertz CT molecular complexity index is 634. The normalized spacial score (nSPS) is 20.9. The van der Waals surface area contributed by atoms with Crippen molar-refractivity contribution in [2.45, 2.75) is 97.2 Å². The second-order valence-electron chi connectivity index (χ2n) is 10.7. The summed E-state index contributed by atoms with van der Waals surface area (Å²) in [6.45, 7) is 17.7. The van der Waals surface area contributed by atoms with E-state index in [0.29, 0.717) is 31.1 Å². The summed E-state index contributed by atoms with van der Waals surface area (Å²) in [7, 11) is 0. The zero-order valence-electron chi connectivity index (χ0n) is 21.1. The van der Waals surface area contributed by atoms with Crippen molar-refractivity contribution in [1.82, 2.24) is 10.6 Å². The molecule has 6 heteroatoms. The van der Waals surface area contributed by atoms with Crippen molar-refractivity contribution >= 4 is 11.9 Å². The Morgan fingerprint density at radius 2 is 1.38 bits per heavy atom. The summed E-state index contributed by atoms with van der Waals surface area (Å²) in [5, 5.41) is 6.72. The van der Waals surface area contributed by atoms with E-state index < -0.39 is 16.6 Å². The summed E-state index contributed by atoms with van der Waals surface area (Å²) in [4.78, 5) is 26.2. The van der Waals surface area contributed by atoms with E-state index in [-0.39, 0.29) is 18.4 Å². The molecule has 2 fully saturated rings. The number of hydrogen-bond acceptors (Lipinski definition) is 6. The van der Waals surface area contributed by atoms with Gasteiger partial charge in [-0.15, -0.1) is 6.58 Å². The van der Waals surface area contributed by atoms with Crippen LogP contribution in [-0.2, 0) is 19.1 Å². The highest BCUT2D eigenvalue weighted by Gasteiger charge is 2.43. The molecule has 2 saturated heterocycles. The van der Waals surface area contributed by atoms with Crippen molar-refractivity contribution in [3.8, 4) is 0 Å². The molecule has 0 aromatic rings. The predicted molar refractivity (Wildman–Crippen MR) is 128 cm³/mol. The largest absolute Gasteiger partial charge is 0.459 e. The maximum atomic E-state index is 13.4. The van der Waals surface area contributed by atoms with E-state index in [0.717, 1.165) is 51.9 Å². The number of ether oxygens (including phenoxy) is 2. The Kier molecular flexibility index (Phi) is 9.77. The number of piperidine rings is 2. The Morgan fingerprint density at radius 1 is 0.906 bits per heavy atom. The van der Waals surface area contributed by atoms with Crippen molar-refractivity contribution in [3.63, 3.8) is 0 Å². The first-order chi connectivity index (χ1) is 15.1. The lowest BCUT2D eigenvalue weighted by molar-refractivity contribution is -0.177. The van der Waals surface area contributed by atoms with Gasteiger partial charge in [0.2, 0.25) is 0 Å². The van der Waals surface area contributed by atoms with E-state index in [1.807, 2.05) is 34.6 Å². The summed E-state index contributed by atoms with van der Waals surface area (Å²) >= 11 is 0. The van der Waals surface area contributed by atoms with Crippen LogP contribution in [0.5, 0.6) is 0 Å². The van der Waals surface area contributed by atoms with Gasteiger partial charge in [-0.1, -0.05) is 13.0 Å². The van der Waals surface area contributed by atoms with Crippen LogP contribution in [0.3, 0.4) is 0 Å². The molecule has 2 rings (SSSR count). The van der Waals surface area contributed by atoms with Crippen molar-refractivity contribution in [3.05, 3.63) is 12.7 Å². The minimum Gasteiger partial charge on any atom is -0.459 e. The first-order valence-electron chi connectivity index (χ1n) is 12.5. The molecular weight excluding hydrogens is 404 g/mol. The lowest BCUT2D eigenvalue weighted by Gasteiger charge is -2.40. The lowest BCUT2D eigenvalue weighted by Crippen LogP contribution is -2.46. The Morgan fingerprint density at radius 3 is 1.81 bits per heavy atom. The van der Waals surface area contributed by atoms with Gasteiger partial charge in [0, 0.05) is 18.3 Å². The zero-order valence-corrected chi connectivity index (χ0v) is 21.1. The lowest BCUT2D eigenvalue weighted by atomic mass is 9.76. The van der Waals surface area contributed by atoms with Crippen molar-refractivity contribution in [1.29, 1.82) is 0 Å². The molecule has 0 spiro atoms. The average molecular weight is 451 g/mol. The molecule has 6 nitrogen and oxygen atoms in total. The van der Waals surface area contributed by atoms with E-state index in [1.54, 1.807) is 6.08 Å². The number of rotatable bonds is 11. The molecule has 0 aromatic carbocycles. The van der Waals surface area contributed by atoms with Crippen LogP contribution in [0.2, 0.25) is 0 Å². The molecule has 1 unspecified atom stereocenters. The van der Waals surface area contributed by atoms with Gasteiger partial charge >= 0.3 is 11.9 Å². The first-order valence-corrected chi connectivity index (χ1v) is 12.5. The van der Waals surface area contributed by atoms with Crippen LogP contribution in [0.4, 0.5) is 0 Å². The van der Waals surface area contributed by atoms with Crippen LogP contribution in [-0.4, -0.2) is 49.3 Å². The summed E-state index contributed by atoms with van der Waals surface area (Å²) in [6.07, 6.45) is 7.50. The molecule has 2 N–H and O–H groups in total. The molecule has 32 heavy (non-hydrogen) atoms.